The van der Waals surface area contributed by atoms with Crippen LogP contribution in [0.4, 0.5) is 5.69 Å². The number of benzene rings is 1. The Bertz CT molecular complexity index is 476. The fraction of sp³-hybridized carbons (Fsp3) is 0.562. The van der Waals surface area contributed by atoms with Crippen LogP contribution >= 0.6 is 11.6 Å². The lowest BCUT2D eigenvalue weighted by Crippen LogP contribution is -2.21. The Labute approximate surface area is 126 Å². The summed E-state index contributed by atoms with van der Waals surface area (Å²) in [6.07, 6.45) is 6.26. The molecule has 1 fully saturated rings. The maximum absolute atomic E-state index is 11.8. The van der Waals surface area contributed by atoms with Gasteiger partial charge in [-0.1, -0.05) is 31.4 Å². The summed E-state index contributed by atoms with van der Waals surface area (Å²) in [5.74, 6) is 0.682. The molecule has 0 spiro atoms. The minimum Gasteiger partial charge on any atom is -0.382 e. The van der Waals surface area contributed by atoms with E-state index in [0.717, 1.165) is 11.6 Å². The Morgan fingerprint density at radius 2 is 2.05 bits per heavy atom. The molecule has 1 aliphatic rings. The van der Waals surface area contributed by atoms with Gasteiger partial charge in [0.15, 0.2) is 0 Å². The number of nitrogens with one attached hydrogen (secondary N) is 2. The van der Waals surface area contributed by atoms with E-state index in [4.69, 9.17) is 11.6 Å². The highest BCUT2D eigenvalue weighted by atomic mass is 35.5. The summed E-state index contributed by atoms with van der Waals surface area (Å²) in [5, 5.41) is 6.66. The molecule has 0 aromatic heterocycles. The predicted molar refractivity (Wildman–Crippen MR) is 84.5 cm³/mol. The molecule has 110 valence electrons. The second-order valence-electron chi connectivity index (χ2n) is 5.73. The third-order valence-electron chi connectivity index (χ3n) is 4.07. The highest BCUT2D eigenvalue weighted by Crippen LogP contribution is 2.26. The van der Waals surface area contributed by atoms with Crippen molar-refractivity contribution in [2.45, 2.75) is 45.1 Å². The molecule has 0 bridgehead atoms. The lowest BCUT2D eigenvalue weighted by Gasteiger charge is -2.18. The molecule has 2 unspecified atom stereocenters. The first-order chi connectivity index (χ1) is 9.60. The lowest BCUT2D eigenvalue weighted by molar-refractivity contribution is 0.0963. The summed E-state index contributed by atoms with van der Waals surface area (Å²) in [5.41, 5.74) is 1.51. The van der Waals surface area contributed by atoms with Crippen molar-refractivity contribution in [2.24, 2.45) is 5.92 Å². The molecule has 0 saturated heterocycles. The predicted octanol–water partition coefficient (Wildman–Crippen LogP) is 4.08. The van der Waals surface area contributed by atoms with Crippen LogP contribution in [0.3, 0.4) is 0 Å². The average molecular weight is 295 g/mol. The first-order valence-electron chi connectivity index (χ1n) is 7.38. The van der Waals surface area contributed by atoms with Crippen LogP contribution in [0.15, 0.2) is 18.2 Å². The second kappa shape index (κ2) is 6.98. The van der Waals surface area contributed by atoms with Crippen molar-refractivity contribution in [3.8, 4) is 0 Å². The van der Waals surface area contributed by atoms with Crippen LogP contribution in [0.1, 0.15) is 49.4 Å². The van der Waals surface area contributed by atoms with Crippen LogP contribution in [0, 0.1) is 5.92 Å². The summed E-state index contributed by atoms with van der Waals surface area (Å²) in [6.45, 7) is 2.33. The Kier molecular flexibility index (Phi) is 5.30. The molecule has 1 saturated carbocycles. The third-order valence-corrected chi connectivity index (χ3v) is 4.40. The second-order valence-corrected chi connectivity index (χ2v) is 6.14. The largest absolute Gasteiger partial charge is 0.382 e. The maximum Gasteiger partial charge on any atom is 0.252 e. The van der Waals surface area contributed by atoms with Crippen LogP contribution in [-0.4, -0.2) is 19.0 Å². The van der Waals surface area contributed by atoms with Gasteiger partial charge in [-0.3, -0.25) is 4.79 Å². The number of carbonyl (C=O) groups excluding carboxylic acids is 1. The minimum absolute atomic E-state index is 0.145. The molecule has 1 aliphatic carbocycles. The Morgan fingerprint density at radius 3 is 2.80 bits per heavy atom. The zero-order valence-corrected chi connectivity index (χ0v) is 13.0. The summed E-state index contributed by atoms with van der Waals surface area (Å²) in [6, 6.07) is 6.07. The molecule has 3 nitrogen and oxygen atoms in total. The minimum atomic E-state index is -0.145. The van der Waals surface area contributed by atoms with Gasteiger partial charge in [0.2, 0.25) is 0 Å². The molecule has 1 amide bonds. The molecule has 0 aliphatic heterocycles. The smallest absolute Gasteiger partial charge is 0.252 e. The summed E-state index contributed by atoms with van der Waals surface area (Å²) in [7, 11) is 1.62. The van der Waals surface area contributed by atoms with Crippen LogP contribution in [0.25, 0.3) is 0 Å². The van der Waals surface area contributed by atoms with Crippen LogP contribution in [0.5, 0.6) is 0 Å². The molecule has 1 aromatic carbocycles. The number of carbonyl (C=O) groups is 1. The van der Waals surface area contributed by atoms with E-state index in [2.05, 4.69) is 17.6 Å². The lowest BCUT2D eigenvalue weighted by atomic mass is 10.0. The number of hydrogen-bond acceptors (Lipinski definition) is 2. The van der Waals surface area contributed by atoms with Gasteiger partial charge in [0.25, 0.3) is 5.91 Å². The summed E-state index contributed by atoms with van der Waals surface area (Å²) < 4.78 is 0. The van der Waals surface area contributed by atoms with Gasteiger partial charge in [-0.05, 0) is 43.4 Å². The maximum atomic E-state index is 11.8. The first kappa shape index (κ1) is 15.2. The van der Waals surface area contributed by atoms with Crippen molar-refractivity contribution in [3.05, 3.63) is 28.8 Å². The number of amides is 1. The number of rotatable bonds is 3. The van der Waals surface area contributed by atoms with E-state index in [9.17, 15) is 4.79 Å². The van der Waals surface area contributed by atoms with Gasteiger partial charge in [-0.2, -0.15) is 0 Å². The summed E-state index contributed by atoms with van der Waals surface area (Å²) in [4.78, 5) is 11.8. The van der Waals surface area contributed by atoms with Gasteiger partial charge in [-0.15, -0.1) is 0 Å². The molecular formula is C16H23ClN2O. The highest BCUT2D eigenvalue weighted by Gasteiger charge is 2.17. The Hall–Kier alpha value is -1.22. The average Bonchev–Trinajstić information content (AvgIpc) is 2.65. The molecule has 2 N–H and O–H groups in total. The zero-order chi connectivity index (χ0) is 14.5. The highest BCUT2D eigenvalue weighted by molar-refractivity contribution is 6.34. The molecule has 2 rings (SSSR count). The number of halogens is 1. The van der Waals surface area contributed by atoms with Crippen molar-refractivity contribution in [3.63, 3.8) is 0 Å². The third kappa shape index (κ3) is 3.89. The fourth-order valence-electron chi connectivity index (χ4n) is 2.79. The van der Waals surface area contributed by atoms with Gasteiger partial charge in [0, 0.05) is 18.8 Å². The van der Waals surface area contributed by atoms with Gasteiger partial charge in [0.1, 0.15) is 0 Å². The van der Waals surface area contributed by atoms with Crippen LogP contribution in [-0.2, 0) is 0 Å². The van der Waals surface area contributed by atoms with E-state index in [0.29, 0.717) is 16.6 Å². The molecule has 0 heterocycles. The van der Waals surface area contributed by atoms with Crippen molar-refractivity contribution in [1.82, 2.24) is 5.32 Å². The van der Waals surface area contributed by atoms with Gasteiger partial charge >= 0.3 is 0 Å². The Morgan fingerprint density at radius 1 is 1.25 bits per heavy atom. The molecule has 4 heteroatoms. The first-order valence-corrected chi connectivity index (χ1v) is 7.76. The monoisotopic (exact) mass is 294 g/mol. The van der Waals surface area contributed by atoms with E-state index in [1.807, 2.05) is 12.1 Å². The quantitative estimate of drug-likeness (QED) is 0.825. The topological polar surface area (TPSA) is 41.1 Å². The molecule has 1 aromatic rings. The SMILES string of the molecule is CNC(=O)c1cc(NC2CCCC(C)CC2)ccc1Cl. The Balaban J connectivity index is 2.07. The summed E-state index contributed by atoms with van der Waals surface area (Å²) >= 11 is 6.07. The van der Waals surface area contributed by atoms with Crippen molar-refractivity contribution in [1.29, 1.82) is 0 Å². The molecular weight excluding hydrogens is 272 g/mol. The van der Waals surface area contributed by atoms with E-state index in [-0.39, 0.29) is 5.91 Å². The van der Waals surface area contributed by atoms with E-state index >= 15 is 0 Å². The number of anilines is 1. The zero-order valence-electron chi connectivity index (χ0n) is 12.2. The molecule has 0 radical (unpaired) electrons. The van der Waals surface area contributed by atoms with E-state index < -0.39 is 0 Å². The van der Waals surface area contributed by atoms with Gasteiger partial charge < -0.3 is 10.6 Å². The van der Waals surface area contributed by atoms with E-state index in [1.165, 1.54) is 32.1 Å². The molecule has 2 atom stereocenters. The van der Waals surface area contributed by atoms with E-state index in [1.54, 1.807) is 13.1 Å². The van der Waals surface area contributed by atoms with Crippen LogP contribution < -0.4 is 10.6 Å². The van der Waals surface area contributed by atoms with Gasteiger partial charge in [0.05, 0.1) is 10.6 Å². The molecule has 20 heavy (non-hydrogen) atoms. The van der Waals surface area contributed by atoms with Gasteiger partial charge in [-0.25, -0.2) is 0 Å². The van der Waals surface area contributed by atoms with Crippen molar-refractivity contribution >= 4 is 23.2 Å². The van der Waals surface area contributed by atoms with Crippen molar-refractivity contribution < 1.29 is 4.79 Å². The van der Waals surface area contributed by atoms with Crippen LogP contribution in [0.2, 0.25) is 5.02 Å². The normalized spacial score (nSPS) is 22.9. The van der Waals surface area contributed by atoms with Crippen molar-refractivity contribution in [2.75, 3.05) is 12.4 Å². The number of hydrogen-bond donors (Lipinski definition) is 2. The standard InChI is InChI=1S/C16H23ClN2O/c1-11-4-3-5-12(7-6-11)19-13-8-9-15(17)14(10-13)16(20)18-2/h8-12,19H,3-7H2,1-2H3,(H,18,20). The fourth-order valence-corrected chi connectivity index (χ4v) is 2.99.